The molecule has 0 aliphatic carbocycles. The Hall–Kier alpha value is -1.01. The van der Waals surface area contributed by atoms with Crippen molar-refractivity contribution in [1.29, 1.82) is 0 Å². The van der Waals surface area contributed by atoms with Crippen molar-refractivity contribution in [2.45, 2.75) is 71.5 Å². The Balaban J connectivity index is 2.30. The molecule has 1 aromatic rings. The topological polar surface area (TPSA) is 63.2 Å². The quantitative estimate of drug-likeness (QED) is 0.275. The van der Waals surface area contributed by atoms with Crippen LogP contribution in [-0.4, -0.2) is 36.0 Å². The molecule has 29 heavy (non-hydrogen) atoms. The molecular formula is C21H36N3O3PS. The molecule has 0 amide bonds. The van der Waals surface area contributed by atoms with Crippen molar-refractivity contribution in [3.8, 4) is 0 Å². The minimum absolute atomic E-state index is 0.208. The molecule has 0 bridgehead atoms. The number of rotatable bonds is 9. The fourth-order valence-electron chi connectivity index (χ4n) is 2.92. The number of aryl methyl sites for hydroxylation is 1. The van der Waals surface area contributed by atoms with E-state index in [-0.39, 0.29) is 5.25 Å². The lowest BCUT2D eigenvalue weighted by Gasteiger charge is -2.28. The molecule has 1 N–H and O–H groups in total. The fourth-order valence-corrected chi connectivity index (χ4v) is 7.24. The van der Waals surface area contributed by atoms with E-state index < -0.39 is 6.72 Å². The predicted molar refractivity (Wildman–Crippen MR) is 124 cm³/mol. The summed E-state index contributed by atoms with van der Waals surface area (Å²) in [5, 5.41) is 5.08. The van der Waals surface area contributed by atoms with E-state index in [4.69, 9.17) is 14.4 Å². The normalized spacial score (nSPS) is 18.8. The molecule has 0 spiro atoms. The van der Waals surface area contributed by atoms with Gasteiger partial charge in [-0.3, -0.25) is 14.5 Å². The first kappa shape index (κ1) is 24.3. The van der Waals surface area contributed by atoms with Crippen LogP contribution in [0.2, 0.25) is 0 Å². The van der Waals surface area contributed by atoms with E-state index in [9.17, 15) is 4.57 Å². The Morgan fingerprint density at radius 3 is 2.69 bits per heavy atom. The molecule has 164 valence electrons. The third-order valence-corrected chi connectivity index (χ3v) is 9.17. The minimum Gasteiger partial charge on any atom is -0.306 e. The smallest absolute Gasteiger partial charge is 0.306 e. The maximum atomic E-state index is 13.5. The number of hydroxylamine groups is 2. The Morgan fingerprint density at radius 1 is 1.28 bits per heavy atom. The number of nitrogens with one attached hydrogen (secondary N) is 1. The molecule has 8 heteroatoms. The molecule has 1 saturated heterocycles. The minimum atomic E-state index is -3.17. The average Bonchev–Trinajstić information content (AvgIpc) is 2.98. The second-order valence-corrected chi connectivity index (χ2v) is 11.8. The van der Waals surface area contributed by atoms with Crippen LogP contribution < -0.4 is 5.09 Å². The summed E-state index contributed by atoms with van der Waals surface area (Å²) in [4.78, 5) is 10.7. The highest BCUT2D eigenvalue weighted by molar-refractivity contribution is 8.56. The van der Waals surface area contributed by atoms with Crippen LogP contribution >= 0.6 is 18.1 Å². The van der Waals surface area contributed by atoms with E-state index in [0.29, 0.717) is 25.7 Å². The van der Waals surface area contributed by atoms with E-state index in [1.54, 1.807) is 5.06 Å². The van der Waals surface area contributed by atoms with E-state index >= 15 is 0 Å². The van der Waals surface area contributed by atoms with E-state index in [1.165, 1.54) is 16.9 Å². The lowest BCUT2D eigenvalue weighted by atomic mass is 10.1. The van der Waals surface area contributed by atoms with Crippen LogP contribution in [0.15, 0.2) is 29.3 Å². The predicted octanol–water partition coefficient (Wildman–Crippen LogP) is 6.31. The van der Waals surface area contributed by atoms with Crippen molar-refractivity contribution in [3.05, 3.63) is 29.8 Å². The summed E-state index contributed by atoms with van der Waals surface area (Å²) in [5.41, 5.74) is 2.09. The first-order valence-electron chi connectivity index (χ1n) is 10.8. The summed E-state index contributed by atoms with van der Waals surface area (Å²) >= 11 is 1.35. The van der Waals surface area contributed by atoms with Gasteiger partial charge in [0.1, 0.15) is 0 Å². The van der Waals surface area contributed by atoms with Gasteiger partial charge >= 0.3 is 6.72 Å². The van der Waals surface area contributed by atoms with Crippen LogP contribution in [-0.2, 0) is 20.3 Å². The van der Waals surface area contributed by atoms with Gasteiger partial charge in [-0.1, -0.05) is 39.3 Å². The first-order valence-corrected chi connectivity index (χ1v) is 13.9. The molecule has 6 nitrogen and oxygen atoms in total. The Kier molecular flexibility index (Phi) is 10.6. The number of hydrogen-bond donors (Lipinski definition) is 1. The molecule has 1 fully saturated rings. The van der Waals surface area contributed by atoms with Crippen LogP contribution in [0.1, 0.15) is 65.4 Å². The molecule has 1 aromatic carbocycles. The number of benzene rings is 1. The molecule has 2 unspecified atom stereocenters. The maximum absolute atomic E-state index is 13.5. The molecule has 0 saturated carbocycles. The third kappa shape index (κ3) is 8.33. The Labute approximate surface area is 180 Å². The summed E-state index contributed by atoms with van der Waals surface area (Å²) in [6.07, 6.45) is 6.21. The zero-order valence-corrected chi connectivity index (χ0v) is 19.9. The molecule has 1 aliphatic heterocycles. The van der Waals surface area contributed by atoms with Crippen molar-refractivity contribution in [2.75, 3.05) is 19.8 Å². The second-order valence-electron chi connectivity index (χ2n) is 7.20. The summed E-state index contributed by atoms with van der Waals surface area (Å²) < 4.78 is 19.2. The van der Waals surface area contributed by atoms with Gasteiger partial charge in [-0.2, -0.15) is 0 Å². The zero-order valence-electron chi connectivity index (χ0n) is 18.2. The summed E-state index contributed by atoms with van der Waals surface area (Å²) in [5.74, 6) is 0.461. The van der Waals surface area contributed by atoms with Gasteiger partial charge in [-0.25, -0.2) is 10.1 Å². The van der Waals surface area contributed by atoms with Gasteiger partial charge in [0.2, 0.25) is 5.96 Å². The van der Waals surface area contributed by atoms with Crippen LogP contribution in [0.5, 0.6) is 0 Å². The van der Waals surface area contributed by atoms with Gasteiger partial charge in [0, 0.05) is 11.8 Å². The van der Waals surface area contributed by atoms with Crippen molar-refractivity contribution in [3.63, 3.8) is 0 Å². The Morgan fingerprint density at radius 2 is 2.03 bits per heavy atom. The first-order chi connectivity index (χ1) is 14.0. The molecule has 0 aromatic heterocycles. The molecule has 2 rings (SSSR count). The van der Waals surface area contributed by atoms with Gasteiger partial charge in [0.25, 0.3) is 0 Å². The molecular weight excluding hydrogens is 405 g/mol. The monoisotopic (exact) mass is 441 g/mol. The van der Waals surface area contributed by atoms with Gasteiger partial charge in [0.15, 0.2) is 0 Å². The average molecular weight is 442 g/mol. The standard InChI is InChI=1S/C21H36N3O3PS/c1-5-11-19-12-14-20(15-13-19)22-21(24-16-9-8-10-17-26-24)23-28(25,27-7-3)29-18(4)6-2/h12-15,18H,5-11,16-17H2,1-4H3,(H,22,23,25). The van der Waals surface area contributed by atoms with E-state index in [0.717, 1.165) is 44.2 Å². The van der Waals surface area contributed by atoms with Gasteiger partial charge in [0.05, 0.1) is 18.9 Å². The van der Waals surface area contributed by atoms with Crippen LogP contribution in [0, 0.1) is 0 Å². The summed E-state index contributed by atoms with van der Waals surface area (Å²) in [6, 6.07) is 8.19. The molecule has 0 radical (unpaired) electrons. The number of guanidine groups is 1. The van der Waals surface area contributed by atoms with Crippen LogP contribution in [0.25, 0.3) is 0 Å². The fraction of sp³-hybridized carbons (Fsp3) is 0.667. The highest BCUT2D eigenvalue weighted by atomic mass is 32.7. The van der Waals surface area contributed by atoms with Crippen LogP contribution in [0.3, 0.4) is 0 Å². The summed E-state index contributed by atoms with van der Waals surface area (Å²) in [7, 11) is 0. The van der Waals surface area contributed by atoms with E-state index in [2.05, 4.69) is 38.0 Å². The highest BCUT2D eigenvalue weighted by Gasteiger charge is 2.30. The lowest BCUT2D eigenvalue weighted by Crippen LogP contribution is -2.40. The Bertz CT molecular complexity index is 676. The lowest BCUT2D eigenvalue weighted by molar-refractivity contribution is -0.0920. The van der Waals surface area contributed by atoms with E-state index in [1.807, 2.05) is 19.1 Å². The SMILES string of the molecule is CCCc1ccc(N=C(NP(=O)(OCC)SC(C)CC)N2CCCCCO2)cc1. The van der Waals surface area contributed by atoms with Crippen molar-refractivity contribution < 1.29 is 13.9 Å². The number of aliphatic imine (C=N–C) groups is 1. The molecule has 1 heterocycles. The zero-order chi connectivity index (χ0) is 21.1. The van der Waals surface area contributed by atoms with Crippen molar-refractivity contribution in [2.24, 2.45) is 4.99 Å². The molecule has 1 aliphatic rings. The number of nitrogens with zero attached hydrogens (tertiary/aromatic N) is 2. The van der Waals surface area contributed by atoms with Crippen LogP contribution in [0.4, 0.5) is 5.69 Å². The highest BCUT2D eigenvalue weighted by Crippen LogP contribution is 2.58. The van der Waals surface area contributed by atoms with Gasteiger partial charge < -0.3 is 4.52 Å². The summed E-state index contributed by atoms with van der Waals surface area (Å²) in [6.45, 7) is 6.71. The van der Waals surface area contributed by atoms with Gasteiger partial charge in [-0.15, -0.1) is 0 Å². The van der Waals surface area contributed by atoms with Crippen molar-refractivity contribution >= 4 is 29.8 Å². The van der Waals surface area contributed by atoms with Gasteiger partial charge in [-0.05, 0) is 68.1 Å². The van der Waals surface area contributed by atoms with Crippen molar-refractivity contribution in [1.82, 2.24) is 10.2 Å². The number of hydrogen-bond acceptors (Lipinski definition) is 5. The maximum Gasteiger partial charge on any atom is 0.353 e. The third-order valence-electron chi connectivity index (χ3n) is 4.63. The second kappa shape index (κ2) is 12.6. The molecule has 2 atom stereocenters. The largest absolute Gasteiger partial charge is 0.353 e.